The number of likely N-dealkylation sites (tertiary alicyclic amines) is 1. The Morgan fingerprint density at radius 1 is 1.03 bits per heavy atom. The van der Waals surface area contributed by atoms with Crippen molar-refractivity contribution in [2.24, 2.45) is 5.92 Å². The predicted octanol–water partition coefficient (Wildman–Crippen LogP) is 3.50. The van der Waals surface area contributed by atoms with Gasteiger partial charge in [-0.1, -0.05) is 44.2 Å². The summed E-state index contributed by atoms with van der Waals surface area (Å²) in [7, 11) is 0. The monoisotopic (exact) mass is 432 g/mol. The molecule has 0 unspecified atom stereocenters. The Morgan fingerprint density at radius 2 is 1.72 bits per heavy atom. The van der Waals surface area contributed by atoms with Gasteiger partial charge in [0, 0.05) is 44.6 Å². The van der Waals surface area contributed by atoms with E-state index in [1.807, 2.05) is 29.3 Å². The number of hydrogen-bond donors (Lipinski definition) is 0. The van der Waals surface area contributed by atoms with Crippen LogP contribution in [0.2, 0.25) is 0 Å². The Hall–Kier alpha value is -2.73. The van der Waals surface area contributed by atoms with E-state index in [-0.39, 0.29) is 18.0 Å². The first-order chi connectivity index (χ1) is 15.5. The molecule has 2 aromatic rings. The van der Waals surface area contributed by atoms with Crippen LogP contribution in [0.3, 0.4) is 0 Å². The van der Waals surface area contributed by atoms with Crippen LogP contribution in [-0.2, 0) is 24.2 Å². The van der Waals surface area contributed by atoms with Gasteiger partial charge in [0.05, 0.1) is 0 Å². The summed E-state index contributed by atoms with van der Waals surface area (Å²) >= 11 is 0. The third-order valence-electron chi connectivity index (χ3n) is 7.33. The second-order valence-electron chi connectivity index (χ2n) is 9.96. The lowest BCUT2D eigenvalue weighted by molar-refractivity contribution is -0.137. The fraction of sp³-hybridized carbons (Fsp3) is 0.500. The zero-order chi connectivity index (χ0) is 22.3. The SMILES string of the molecule is CC(C)CN1C(=O)N(C2Cc3ccccc3C2)C(=O)C12CCN(Cc1cccnc1)CC2. The molecule has 1 aromatic carbocycles. The Balaban J connectivity index is 1.36. The van der Waals surface area contributed by atoms with E-state index in [1.165, 1.54) is 16.7 Å². The van der Waals surface area contributed by atoms with Crippen molar-refractivity contribution in [3.63, 3.8) is 0 Å². The van der Waals surface area contributed by atoms with Crippen molar-refractivity contribution < 1.29 is 9.59 Å². The van der Waals surface area contributed by atoms with Crippen LogP contribution in [0.15, 0.2) is 48.8 Å². The van der Waals surface area contributed by atoms with E-state index in [2.05, 4.69) is 41.9 Å². The van der Waals surface area contributed by atoms with Crippen molar-refractivity contribution in [1.29, 1.82) is 0 Å². The van der Waals surface area contributed by atoms with Crippen LogP contribution in [0, 0.1) is 5.92 Å². The molecule has 3 aliphatic rings. The summed E-state index contributed by atoms with van der Waals surface area (Å²) in [6.45, 7) is 7.32. The zero-order valence-corrected chi connectivity index (χ0v) is 19.0. The first-order valence-corrected chi connectivity index (χ1v) is 11.8. The molecule has 2 aliphatic heterocycles. The molecule has 1 aliphatic carbocycles. The maximum atomic E-state index is 13.9. The predicted molar refractivity (Wildman–Crippen MR) is 123 cm³/mol. The van der Waals surface area contributed by atoms with Crippen LogP contribution >= 0.6 is 0 Å². The van der Waals surface area contributed by atoms with E-state index in [9.17, 15) is 9.59 Å². The number of benzene rings is 1. The fourth-order valence-electron chi connectivity index (χ4n) is 5.71. The molecule has 0 bridgehead atoms. The third kappa shape index (κ3) is 3.60. The number of nitrogens with zero attached hydrogens (tertiary/aromatic N) is 4. The standard InChI is InChI=1S/C26H32N4O2/c1-19(2)17-29-25(32)30(23-14-21-7-3-4-8-22(21)15-23)24(31)26(29)9-12-28(13-10-26)18-20-6-5-11-27-16-20/h3-8,11,16,19,23H,9-10,12-15,17-18H2,1-2H3. The van der Waals surface area contributed by atoms with Gasteiger partial charge < -0.3 is 4.90 Å². The highest BCUT2D eigenvalue weighted by Crippen LogP contribution is 2.41. The third-order valence-corrected chi connectivity index (χ3v) is 7.33. The van der Waals surface area contributed by atoms with Crippen molar-refractivity contribution in [2.45, 2.75) is 57.7 Å². The van der Waals surface area contributed by atoms with Crippen LogP contribution < -0.4 is 0 Å². The number of hydrogen-bond acceptors (Lipinski definition) is 4. The number of urea groups is 1. The number of imide groups is 1. The van der Waals surface area contributed by atoms with E-state index in [4.69, 9.17) is 0 Å². The van der Waals surface area contributed by atoms with Gasteiger partial charge in [-0.25, -0.2) is 4.79 Å². The molecule has 0 radical (unpaired) electrons. The van der Waals surface area contributed by atoms with E-state index >= 15 is 0 Å². The number of fused-ring (bicyclic) bond motifs is 1. The van der Waals surface area contributed by atoms with Crippen LogP contribution in [0.1, 0.15) is 43.4 Å². The van der Waals surface area contributed by atoms with E-state index < -0.39 is 5.54 Å². The Labute approximate surface area is 190 Å². The summed E-state index contributed by atoms with van der Waals surface area (Å²) in [6, 6.07) is 12.2. The number of rotatable bonds is 5. The molecule has 6 nitrogen and oxygen atoms in total. The maximum Gasteiger partial charge on any atom is 0.327 e. The average molecular weight is 433 g/mol. The number of carbonyl (C=O) groups excluding carboxylic acids is 2. The van der Waals surface area contributed by atoms with Gasteiger partial charge >= 0.3 is 6.03 Å². The van der Waals surface area contributed by atoms with E-state index in [0.29, 0.717) is 25.3 Å². The van der Waals surface area contributed by atoms with Gasteiger partial charge in [-0.05, 0) is 54.4 Å². The molecule has 6 heteroatoms. The maximum absolute atomic E-state index is 13.9. The topological polar surface area (TPSA) is 56.8 Å². The molecule has 2 saturated heterocycles. The molecule has 168 valence electrons. The summed E-state index contributed by atoms with van der Waals surface area (Å²) in [5, 5.41) is 0. The number of piperidine rings is 1. The Kier molecular flexibility index (Phi) is 5.49. The summed E-state index contributed by atoms with van der Waals surface area (Å²) in [6.07, 6.45) is 6.62. The summed E-state index contributed by atoms with van der Waals surface area (Å²) in [4.78, 5) is 37.7. The molecule has 0 atom stereocenters. The fourth-order valence-corrected chi connectivity index (χ4v) is 5.71. The lowest BCUT2D eigenvalue weighted by atomic mass is 9.85. The van der Waals surface area contributed by atoms with E-state index in [0.717, 1.165) is 32.5 Å². The molecule has 2 fully saturated rings. The minimum atomic E-state index is -0.693. The molecule has 32 heavy (non-hydrogen) atoms. The lowest BCUT2D eigenvalue weighted by Gasteiger charge is -2.42. The minimum absolute atomic E-state index is 0.0296. The van der Waals surface area contributed by atoms with Gasteiger partial charge in [-0.15, -0.1) is 0 Å². The number of carbonyl (C=O) groups is 2. The number of pyridine rings is 1. The van der Waals surface area contributed by atoms with Crippen molar-refractivity contribution in [1.82, 2.24) is 19.7 Å². The second-order valence-corrected chi connectivity index (χ2v) is 9.96. The largest absolute Gasteiger partial charge is 0.327 e. The molecule has 3 amide bonds. The number of amides is 3. The van der Waals surface area contributed by atoms with E-state index in [1.54, 1.807) is 11.1 Å². The molecular weight excluding hydrogens is 400 g/mol. The van der Waals surface area contributed by atoms with Crippen molar-refractivity contribution in [3.05, 3.63) is 65.5 Å². The molecule has 1 spiro atoms. The molecule has 5 rings (SSSR count). The van der Waals surface area contributed by atoms with Gasteiger partial charge in [0.1, 0.15) is 5.54 Å². The highest BCUT2D eigenvalue weighted by molar-refractivity contribution is 6.07. The normalized spacial score (nSPS) is 21.2. The van der Waals surface area contributed by atoms with Gasteiger partial charge in [0.25, 0.3) is 5.91 Å². The van der Waals surface area contributed by atoms with Gasteiger partial charge in [-0.3, -0.25) is 19.6 Å². The van der Waals surface area contributed by atoms with Gasteiger partial charge in [-0.2, -0.15) is 0 Å². The van der Waals surface area contributed by atoms with Crippen molar-refractivity contribution >= 4 is 11.9 Å². The molecule has 1 aromatic heterocycles. The molecular formula is C26H32N4O2. The average Bonchev–Trinajstić information content (AvgIpc) is 3.29. The van der Waals surface area contributed by atoms with Crippen LogP contribution in [-0.4, -0.2) is 62.8 Å². The molecule has 0 N–H and O–H groups in total. The summed E-state index contributed by atoms with van der Waals surface area (Å²) in [5.41, 5.74) is 3.02. The van der Waals surface area contributed by atoms with Crippen LogP contribution in [0.5, 0.6) is 0 Å². The zero-order valence-electron chi connectivity index (χ0n) is 19.0. The highest BCUT2D eigenvalue weighted by Gasteiger charge is 2.59. The Morgan fingerprint density at radius 3 is 2.31 bits per heavy atom. The first-order valence-electron chi connectivity index (χ1n) is 11.8. The van der Waals surface area contributed by atoms with Crippen molar-refractivity contribution in [3.8, 4) is 0 Å². The smallest absolute Gasteiger partial charge is 0.309 e. The second kappa shape index (κ2) is 8.32. The number of aromatic nitrogens is 1. The summed E-state index contributed by atoms with van der Waals surface area (Å²) < 4.78 is 0. The lowest BCUT2D eigenvalue weighted by Crippen LogP contribution is -2.57. The van der Waals surface area contributed by atoms with Crippen LogP contribution in [0.25, 0.3) is 0 Å². The van der Waals surface area contributed by atoms with Crippen LogP contribution in [0.4, 0.5) is 4.79 Å². The first kappa shape index (κ1) is 21.1. The van der Waals surface area contributed by atoms with Gasteiger partial charge in [0.15, 0.2) is 0 Å². The molecule has 3 heterocycles. The van der Waals surface area contributed by atoms with Crippen molar-refractivity contribution in [2.75, 3.05) is 19.6 Å². The minimum Gasteiger partial charge on any atom is -0.309 e. The quantitative estimate of drug-likeness (QED) is 0.679. The highest BCUT2D eigenvalue weighted by atomic mass is 16.2. The Bertz CT molecular complexity index is 973. The van der Waals surface area contributed by atoms with Gasteiger partial charge in [0.2, 0.25) is 0 Å². The molecule has 0 saturated carbocycles. The summed E-state index contributed by atoms with van der Waals surface area (Å²) in [5.74, 6) is 0.347.